The molecular formula is C15H22N2O. The molecule has 2 N–H and O–H groups in total. The lowest BCUT2D eigenvalue weighted by atomic mass is 10.0. The third kappa shape index (κ3) is 3.03. The predicted molar refractivity (Wildman–Crippen MR) is 73.5 cm³/mol. The molecule has 1 aromatic carbocycles. The summed E-state index contributed by atoms with van der Waals surface area (Å²) in [4.78, 5) is 11.9. The second-order valence-electron chi connectivity index (χ2n) is 6.28. The van der Waals surface area contributed by atoms with Gasteiger partial charge in [0, 0.05) is 5.54 Å². The van der Waals surface area contributed by atoms with Crippen LogP contribution in [0.4, 0.5) is 4.79 Å². The van der Waals surface area contributed by atoms with Crippen molar-refractivity contribution < 1.29 is 4.79 Å². The normalized spacial score (nSPS) is 17.1. The van der Waals surface area contributed by atoms with Crippen LogP contribution in [0.25, 0.3) is 0 Å². The third-order valence-corrected chi connectivity index (χ3v) is 3.20. The molecule has 0 saturated heterocycles. The van der Waals surface area contributed by atoms with Crippen LogP contribution < -0.4 is 10.6 Å². The fraction of sp³-hybridized carbons (Fsp3) is 0.533. The quantitative estimate of drug-likeness (QED) is 0.827. The summed E-state index contributed by atoms with van der Waals surface area (Å²) in [5.41, 5.74) is 2.11. The molecule has 0 bridgehead atoms. The fourth-order valence-electron chi connectivity index (χ4n) is 2.07. The topological polar surface area (TPSA) is 41.1 Å². The Morgan fingerprint density at radius 1 is 1.17 bits per heavy atom. The van der Waals surface area contributed by atoms with E-state index in [0.717, 1.165) is 12.8 Å². The number of aryl methyl sites for hydroxylation is 1. The van der Waals surface area contributed by atoms with Crippen molar-refractivity contribution in [2.45, 2.75) is 51.6 Å². The lowest BCUT2D eigenvalue weighted by Gasteiger charge is -2.24. The first-order valence-corrected chi connectivity index (χ1v) is 6.48. The van der Waals surface area contributed by atoms with Gasteiger partial charge < -0.3 is 10.6 Å². The second kappa shape index (κ2) is 4.30. The minimum atomic E-state index is -0.201. The van der Waals surface area contributed by atoms with E-state index in [1.807, 2.05) is 20.8 Å². The van der Waals surface area contributed by atoms with Gasteiger partial charge in [0.2, 0.25) is 0 Å². The van der Waals surface area contributed by atoms with Crippen molar-refractivity contribution >= 4 is 6.03 Å². The largest absolute Gasteiger partial charge is 0.334 e. The maximum absolute atomic E-state index is 11.9. The highest BCUT2D eigenvalue weighted by Crippen LogP contribution is 2.45. The van der Waals surface area contributed by atoms with Crippen LogP contribution >= 0.6 is 0 Å². The molecule has 0 unspecified atom stereocenters. The van der Waals surface area contributed by atoms with Crippen LogP contribution in [0.5, 0.6) is 0 Å². The monoisotopic (exact) mass is 246 g/mol. The maximum Gasteiger partial charge on any atom is 0.315 e. The molecule has 0 aliphatic heterocycles. The lowest BCUT2D eigenvalue weighted by Crippen LogP contribution is -2.49. The standard InChI is InChI=1S/C15H22N2O/c1-11-5-7-12(8-6-11)15(9-10-15)17-13(18)16-14(2,3)4/h5-8H,9-10H2,1-4H3,(H2,16,17,18). The van der Waals surface area contributed by atoms with E-state index in [1.165, 1.54) is 11.1 Å². The van der Waals surface area contributed by atoms with Gasteiger partial charge in [-0.05, 0) is 46.1 Å². The zero-order chi connectivity index (χ0) is 13.4. The Hall–Kier alpha value is -1.51. The van der Waals surface area contributed by atoms with Crippen LogP contribution in [0, 0.1) is 6.92 Å². The minimum absolute atomic E-state index is 0.0828. The molecule has 0 aromatic heterocycles. The number of amides is 2. The highest BCUT2D eigenvalue weighted by atomic mass is 16.2. The summed E-state index contributed by atoms with van der Waals surface area (Å²) in [6.07, 6.45) is 2.04. The molecule has 1 aliphatic rings. The first-order valence-electron chi connectivity index (χ1n) is 6.48. The number of carbonyl (C=O) groups excluding carboxylic acids is 1. The van der Waals surface area contributed by atoms with Gasteiger partial charge in [-0.25, -0.2) is 4.79 Å². The molecule has 0 radical (unpaired) electrons. The number of hydrogen-bond acceptors (Lipinski definition) is 1. The molecule has 3 heteroatoms. The summed E-state index contributed by atoms with van der Waals surface area (Å²) in [6.45, 7) is 8.02. The van der Waals surface area contributed by atoms with E-state index in [9.17, 15) is 4.79 Å². The Balaban J connectivity index is 2.04. The predicted octanol–water partition coefficient (Wildman–Crippen LogP) is 3.08. The van der Waals surface area contributed by atoms with Gasteiger partial charge in [0.25, 0.3) is 0 Å². The zero-order valence-corrected chi connectivity index (χ0v) is 11.6. The van der Waals surface area contributed by atoms with E-state index in [1.54, 1.807) is 0 Å². The second-order valence-corrected chi connectivity index (χ2v) is 6.28. The van der Waals surface area contributed by atoms with E-state index >= 15 is 0 Å². The van der Waals surface area contributed by atoms with Crippen LogP contribution in [0.15, 0.2) is 24.3 Å². The summed E-state index contributed by atoms with van der Waals surface area (Å²) >= 11 is 0. The first-order chi connectivity index (χ1) is 8.31. The van der Waals surface area contributed by atoms with Crippen molar-refractivity contribution in [3.8, 4) is 0 Å². The Labute approximate surface area is 109 Å². The molecule has 3 nitrogen and oxygen atoms in total. The molecule has 98 valence electrons. The van der Waals surface area contributed by atoms with Crippen LogP contribution in [0.3, 0.4) is 0 Å². The molecule has 1 fully saturated rings. The number of urea groups is 1. The molecule has 18 heavy (non-hydrogen) atoms. The highest BCUT2D eigenvalue weighted by molar-refractivity contribution is 5.76. The summed E-state index contributed by atoms with van der Waals surface area (Å²) in [6, 6.07) is 8.33. The lowest BCUT2D eigenvalue weighted by molar-refractivity contribution is 0.227. The average Bonchev–Trinajstić information content (AvgIpc) is 2.96. The minimum Gasteiger partial charge on any atom is -0.334 e. The summed E-state index contributed by atoms with van der Waals surface area (Å²) in [7, 11) is 0. The Morgan fingerprint density at radius 3 is 2.17 bits per heavy atom. The van der Waals surface area contributed by atoms with E-state index in [4.69, 9.17) is 0 Å². The van der Waals surface area contributed by atoms with Crippen molar-refractivity contribution in [3.05, 3.63) is 35.4 Å². The van der Waals surface area contributed by atoms with Crippen molar-refractivity contribution in [2.75, 3.05) is 0 Å². The van der Waals surface area contributed by atoms with Gasteiger partial charge in [-0.2, -0.15) is 0 Å². The number of benzene rings is 1. The van der Waals surface area contributed by atoms with Gasteiger partial charge in [-0.1, -0.05) is 29.8 Å². The van der Waals surface area contributed by atoms with Gasteiger partial charge in [-0.15, -0.1) is 0 Å². The van der Waals surface area contributed by atoms with Crippen molar-refractivity contribution in [2.24, 2.45) is 0 Å². The molecule has 0 atom stereocenters. The summed E-state index contributed by atoms with van der Waals surface area (Å²) in [5.74, 6) is 0. The Morgan fingerprint density at radius 2 is 1.72 bits per heavy atom. The third-order valence-electron chi connectivity index (χ3n) is 3.20. The maximum atomic E-state index is 11.9. The van der Waals surface area contributed by atoms with E-state index in [0.29, 0.717) is 0 Å². The van der Waals surface area contributed by atoms with Crippen molar-refractivity contribution in [1.29, 1.82) is 0 Å². The van der Waals surface area contributed by atoms with Gasteiger partial charge in [0.1, 0.15) is 0 Å². The van der Waals surface area contributed by atoms with Crippen LogP contribution in [0.2, 0.25) is 0 Å². The summed E-state index contributed by atoms with van der Waals surface area (Å²) in [5, 5.41) is 6.06. The number of rotatable bonds is 2. The van der Waals surface area contributed by atoms with Crippen molar-refractivity contribution in [3.63, 3.8) is 0 Å². The number of hydrogen-bond donors (Lipinski definition) is 2. The Kier molecular flexibility index (Phi) is 3.09. The molecule has 1 aromatic rings. The van der Waals surface area contributed by atoms with Crippen LogP contribution in [-0.2, 0) is 5.54 Å². The SMILES string of the molecule is Cc1ccc(C2(NC(=O)NC(C)(C)C)CC2)cc1. The van der Waals surface area contributed by atoms with Gasteiger partial charge in [-0.3, -0.25) is 0 Å². The van der Waals surface area contributed by atoms with E-state index < -0.39 is 0 Å². The molecule has 0 heterocycles. The Bertz CT molecular complexity index is 439. The van der Waals surface area contributed by atoms with Gasteiger partial charge in [0.15, 0.2) is 0 Å². The molecule has 0 spiro atoms. The first kappa shape index (κ1) is 12.9. The summed E-state index contributed by atoms with van der Waals surface area (Å²) < 4.78 is 0. The molecule has 1 saturated carbocycles. The molecule has 1 aliphatic carbocycles. The van der Waals surface area contributed by atoms with Crippen LogP contribution in [0.1, 0.15) is 44.7 Å². The molecule has 2 amide bonds. The molecule has 2 rings (SSSR count). The molecular weight excluding hydrogens is 224 g/mol. The van der Waals surface area contributed by atoms with E-state index in [-0.39, 0.29) is 17.1 Å². The van der Waals surface area contributed by atoms with Gasteiger partial charge >= 0.3 is 6.03 Å². The van der Waals surface area contributed by atoms with Crippen molar-refractivity contribution in [1.82, 2.24) is 10.6 Å². The number of carbonyl (C=O) groups is 1. The smallest absolute Gasteiger partial charge is 0.315 e. The van der Waals surface area contributed by atoms with Gasteiger partial charge in [0.05, 0.1) is 5.54 Å². The fourth-order valence-corrected chi connectivity index (χ4v) is 2.07. The number of nitrogens with one attached hydrogen (secondary N) is 2. The zero-order valence-electron chi connectivity index (χ0n) is 11.6. The van der Waals surface area contributed by atoms with Crippen LogP contribution in [-0.4, -0.2) is 11.6 Å². The van der Waals surface area contributed by atoms with E-state index in [2.05, 4.69) is 41.8 Å². The highest BCUT2D eigenvalue weighted by Gasteiger charge is 2.45. The average molecular weight is 246 g/mol.